The van der Waals surface area contributed by atoms with E-state index < -0.39 is 0 Å². The van der Waals surface area contributed by atoms with Crippen LogP contribution in [0.25, 0.3) is 0 Å². The SMILES string of the molecule is CNc1cc(CSc2n[nH]c(=O)n2C)ccn1. The van der Waals surface area contributed by atoms with Crippen LogP contribution in [0.3, 0.4) is 0 Å². The molecule has 0 aromatic carbocycles. The van der Waals surface area contributed by atoms with Gasteiger partial charge in [0.15, 0.2) is 5.16 Å². The van der Waals surface area contributed by atoms with Gasteiger partial charge in [-0.1, -0.05) is 11.8 Å². The van der Waals surface area contributed by atoms with E-state index in [0.29, 0.717) is 5.16 Å². The van der Waals surface area contributed by atoms with Crippen molar-refractivity contribution in [2.45, 2.75) is 10.9 Å². The van der Waals surface area contributed by atoms with Gasteiger partial charge < -0.3 is 5.32 Å². The Hall–Kier alpha value is -1.76. The number of nitrogens with zero attached hydrogens (tertiary/aromatic N) is 3. The number of H-pyrrole nitrogens is 1. The van der Waals surface area contributed by atoms with Gasteiger partial charge in [-0.05, 0) is 17.7 Å². The van der Waals surface area contributed by atoms with Crippen molar-refractivity contribution in [2.24, 2.45) is 7.05 Å². The molecule has 2 heterocycles. The predicted octanol–water partition coefficient (Wildman–Crippen LogP) is 0.837. The van der Waals surface area contributed by atoms with Gasteiger partial charge in [-0.15, -0.1) is 5.10 Å². The number of hydrogen-bond donors (Lipinski definition) is 2. The molecule has 7 heteroatoms. The monoisotopic (exact) mass is 251 g/mol. The maximum Gasteiger partial charge on any atom is 0.343 e. The maximum absolute atomic E-state index is 11.2. The largest absolute Gasteiger partial charge is 0.373 e. The minimum atomic E-state index is -0.196. The maximum atomic E-state index is 11.2. The number of anilines is 1. The summed E-state index contributed by atoms with van der Waals surface area (Å²) in [6.45, 7) is 0. The summed E-state index contributed by atoms with van der Waals surface area (Å²) in [6.07, 6.45) is 1.76. The molecular formula is C10H13N5OS. The van der Waals surface area contributed by atoms with Crippen LogP contribution in [0.2, 0.25) is 0 Å². The molecule has 2 aromatic rings. The average Bonchev–Trinajstić information content (AvgIpc) is 2.68. The van der Waals surface area contributed by atoms with E-state index in [0.717, 1.165) is 17.1 Å². The van der Waals surface area contributed by atoms with Crippen molar-refractivity contribution >= 4 is 17.6 Å². The number of aromatic amines is 1. The van der Waals surface area contributed by atoms with Crippen molar-refractivity contribution in [3.63, 3.8) is 0 Å². The Morgan fingerprint density at radius 3 is 3.06 bits per heavy atom. The normalized spacial score (nSPS) is 10.5. The van der Waals surface area contributed by atoms with E-state index in [4.69, 9.17) is 0 Å². The topological polar surface area (TPSA) is 75.6 Å². The summed E-state index contributed by atoms with van der Waals surface area (Å²) in [5.74, 6) is 1.58. The van der Waals surface area contributed by atoms with E-state index in [1.54, 1.807) is 13.2 Å². The van der Waals surface area contributed by atoms with Crippen LogP contribution >= 0.6 is 11.8 Å². The second kappa shape index (κ2) is 5.05. The lowest BCUT2D eigenvalue weighted by atomic mass is 10.3. The fourth-order valence-electron chi connectivity index (χ4n) is 1.31. The molecule has 0 spiro atoms. The molecule has 0 fully saturated rings. The molecule has 2 aromatic heterocycles. The van der Waals surface area contributed by atoms with Crippen molar-refractivity contribution in [2.75, 3.05) is 12.4 Å². The number of thioether (sulfide) groups is 1. The molecule has 0 radical (unpaired) electrons. The van der Waals surface area contributed by atoms with E-state index in [2.05, 4.69) is 20.5 Å². The van der Waals surface area contributed by atoms with Crippen molar-refractivity contribution in [3.8, 4) is 0 Å². The Kier molecular flexibility index (Phi) is 3.48. The Morgan fingerprint density at radius 1 is 1.59 bits per heavy atom. The van der Waals surface area contributed by atoms with E-state index in [1.807, 2.05) is 19.2 Å². The predicted molar refractivity (Wildman–Crippen MR) is 67.2 cm³/mol. The fourth-order valence-corrected chi connectivity index (χ4v) is 2.17. The molecule has 0 amide bonds. The van der Waals surface area contributed by atoms with Crippen LogP contribution < -0.4 is 11.0 Å². The van der Waals surface area contributed by atoms with Gasteiger partial charge in [0.25, 0.3) is 0 Å². The van der Waals surface area contributed by atoms with Crippen LogP contribution in [-0.4, -0.2) is 26.8 Å². The molecule has 2 N–H and O–H groups in total. The highest BCUT2D eigenvalue weighted by Crippen LogP contribution is 2.19. The lowest BCUT2D eigenvalue weighted by Crippen LogP contribution is -2.12. The third-order valence-corrected chi connectivity index (χ3v) is 3.39. The third-order valence-electron chi connectivity index (χ3n) is 2.29. The third kappa shape index (κ3) is 2.68. The first kappa shape index (κ1) is 11.7. The standard InChI is InChI=1S/C10H13N5OS/c1-11-8-5-7(3-4-12-8)6-17-10-14-13-9(16)15(10)2/h3-5H,6H2,1-2H3,(H,11,12)(H,13,16). The van der Waals surface area contributed by atoms with Crippen molar-refractivity contribution in [1.29, 1.82) is 0 Å². The second-order valence-corrected chi connectivity index (χ2v) is 4.40. The summed E-state index contributed by atoms with van der Waals surface area (Å²) in [5, 5.41) is 10.00. The molecular weight excluding hydrogens is 238 g/mol. The summed E-state index contributed by atoms with van der Waals surface area (Å²) in [5.41, 5.74) is 0.933. The van der Waals surface area contributed by atoms with Gasteiger partial charge in [-0.2, -0.15) is 0 Å². The summed E-state index contributed by atoms with van der Waals surface area (Å²) < 4.78 is 1.49. The van der Waals surface area contributed by atoms with Crippen LogP contribution in [0.4, 0.5) is 5.82 Å². The summed E-state index contributed by atoms with van der Waals surface area (Å²) >= 11 is 1.51. The van der Waals surface area contributed by atoms with E-state index >= 15 is 0 Å². The molecule has 6 nitrogen and oxygen atoms in total. The minimum absolute atomic E-state index is 0.196. The van der Waals surface area contributed by atoms with Gasteiger partial charge >= 0.3 is 5.69 Å². The van der Waals surface area contributed by atoms with Gasteiger partial charge in [-0.25, -0.2) is 14.9 Å². The van der Waals surface area contributed by atoms with Crippen LogP contribution in [-0.2, 0) is 12.8 Å². The zero-order chi connectivity index (χ0) is 12.3. The number of pyridine rings is 1. The van der Waals surface area contributed by atoms with E-state index in [-0.39, 0.29) is 5.69 Å². The first-order valence-corrected chi connectivity index (χ1v) is 6.06. The molecule has 2 rings (SSSR count). The Labute approximate surface area is 102 Å². The van der Waals surface area contributed by atoms with Crippen LogP contribution in [0.5, 0.6) is 0 Å². The molecule has 0 saturated heterocycles. The minimum Gasteiger partial charge on any atom is -0.373 e. The van der Waals surface area contributed by atoms with Crippen LogP contribution in [0.15, 0.2) is 28.3 Å². The number of hydrogen-bond acceptors (Lipinski definition) is 5. The first-order chi connectivity index (χ1) is 8.20. The Morgan fingerprint density at radius 2 is 2.41 bits per heavy atom. The Balaban J connectivity index is 2.07. The highest BCUT2D eigenvalue weighted by molar-refractivity contribution is 7.98. The van der Waals surface area contributed by atoms with Gasteiger partial charge in [0.1, 0.15) is 5.82 Å². The number of nitrogens with one attached hydrogen (secondary N) is 2. The van der Waals surface area contributed by atoms with Crippen LogP contribution in [0, 0.1) is 0 Å². The molecule has 90 valence electrons. The number of aromatic nitrogens is 4. The zero-order valence-corrected chi connectivity index (χ0v) is 10.4. The molecule has 0 aliphatic heterocycles. The van der Waals surface area contributed by atoms with Gasteiger partial charge in [0.2, 0.25) is 0 Å². The lowest BCUT2D eigenvalue weighted by Gasteiger charge is -2.03. The smallest absolute Gasteiger partial charge is 0.343 e. The average molecular weight is 251 g/mol. The first-order valence-electron chi connectivity index (χ1n) is 5.07. The molecule has 0 bridgehead atoms. The Bertz CT molecular complexity index is 562. The van der Waals surface area contributed by atoms with Crippen molar-refractivity contribution in [3.05, 3.63) is 34.4 Å². The van der Waals surface area contributed by atoms with Crippen molar-refractivity contribution in [1.82, 2.24) is 19.7 Å². The molecule has 0 unspecified atom stereocenters. The second-order valence-electron chi connectivity index (χ2n) is 3.46. The van der Waals surface area contributed by atoms with E-state index in [9.17, 15) is 4.79 Å². The number of rotatable bonds is 4. The van der Waals surface area contributed by atoms with Gasteiger partial charge in [0.05, 0.1) is 0 Å². The molecule has 0 aliphatic carbocycles. The van der Waals surface area contributed by atoms with E-state index in [1.165, 1.54) is 16.3 Å². The summed E-state index contributed by atoms with van der Waals surface area (Å²) in [4.78, 5) is 15.3. The molecule has 0 atom stereocenters. The lowest BCUT2D eigenvalue weighted by molar-refractivity contribution is 0.766. The quantitative estimate of drug-likeness (QED) is 0.787. The van der Waals surface area contributed by atoms with Gasteiger partial charge in [-0.3, -0.25) is 4.57 Å². The zero-order valence-electron chi connectivity index (χ0n) is 9.60. The molecule has 0 aliphatic rings. The van der Waals surface area contributed by atoms with Crippen molar-refractivity contribution < 1.29 is 0 Å². The summed E-state index contributed by atoms with van der Waals surface area (Å²) in [7, 11) is 3.52. The van der Waals surface area contributed by atoms with Gasteiger partial charge in [0, 0.05) is 26.0 Å². The highest BCUT2D eigenvalue weighted by Gasteiger charge is 2.05. The van der Waals surface area contributed by atoms with Crippen LogP contribution in [0.1, 0.15) is 5.56 Å². The summed E-state index contributed by atoms with van der Waals surface area (Å²) in [6, 6.07) is 3.91. The highest BCUT2D eigenvalue weighted by atomic mass is 32.2. The molecule has 0 saturated carbocycles. The molecule has 17 heavy (non-hydrogen) atoms. The fraction of sp³-hybridized carbons (Fsp3) is 0.300.